The summed E-state index contributed by atoms with van der Waals surface area (Å²) in [5.74, 6) is -1.09. The number of rotatable bonds is 2. The van der Waals surface area contributed by atoms with Gasteiger partial charge in [-0.25, -0.2) is 8.78 Å². The minimum atomic E-state index is -0.549. The Morgan fingerprint density at radius 1 is 1.15 bits per heavy atom. The highest BCUT2D eigenvalue weighted by atomic mass is 19.1. The average molecular weight is 350 g/mol. The highest BCUT2D eigenvalue weighted by Crippen LogP contribution is 2.39. The molecule has 4 nitrogen and oxygen atoms in total. The van der Waals surface area contributed by atoms with E-state index in [4.69, 9.17) is 0 Å². The Labute approximate surface area is 148 Å². The molecule has 0 radical (unpaired) electrons. The fraction of sp³-hybridized carbons (Fsp3) is 0.200. The van der Waals surface area contributed by atoms with Crippen LogP contribution in [0.1, 0.15) is 17.7 Å². The Bertz CT molecular complexity index is 1160. The Balaban J connectivity index is 1.79. The Morgan fingerprint density at radius 2 is 2.04 bits per heavy atom. The van der Waals surface area contributed by atoms with Crippen molar-refractivity contribution in [2.75, 3.05) is 0 Å². The molecule has 1 N–H and O–H groups in total. The summed E-state index contributed by atoms with van der Waals surface area (Å²) >= 11 is 0. The standard InChI is InChI=1S/C20H16F2N4/c1-11-15(21)6-5-14(19(11)22)20-18(17-3-2-8-26(17)25-20)12-4-7-16-13(9-12)10-23-24-16/h4-7,9-10H,2-3,8H2,1H3,(H,23,24). The molecule has 1 aliphatic heterocycles. The maximum absolute atomic E-state index is 14.8. The molecule has 2 aromatic carbocycles. The Kier molecular flexibility index (Phi) is 3.22. The van der Waals surface area contributed by atoms with Crippen LogP contribution in [-0.4, -0.2) is 20.0 Å². The molecule has 26 heavy (non-hydrogen) atoms. The van der Waals surface area contributed by atoms with Gasteiger partial charge >= 0.3 is 0 Å². The number of halogens is 2. The summed E-state index contributed by atoms with van der Waals surface area (Å²) in [6.07, 6.45) is 3.69. The SMILES string of the molecule is Cc1c(F)ccc(-c2nn3c(c2-c2ccc4[nH]ncc4c2)CCC3)c1F. The van der Waals surface area contributed by atoms with Gasteiger partial charge in [0.05, 0.1) is 11.7 Å². The number of hydrogen-bond donors (Lipinski definition) is 1. The van der Waals surface area contributed by atoms with Crippen molar-refractivity contribution in [2.45, 2.75) is 26.3 Å². The lowest BCUT2D eigenvalue weighted by Gasteiger charge is -2.09. The molecule has 2 aromatic heterocycles. The average Bonchev–Trinajstić information content (AvgIpc) is 3.34. The number of H-pyrrole nitrogens is 1. The fourth-order valence-corrected chi connectivity index (χ4v) is 3.77. The van der Waals surface area contributed by atoms with Crippen molar-refractivity contribution in [3.63, 3.8) is 0 Å². The van der Waals surface area contributed by atoms with E-state index < -0.39 is 11.6 Å². The first-order chi connectivity index (χ1) is 12.6. The van der Waals surface area contributed by atoms with Crippen LogP contribution in [0.15, 0.2) is 36.5 Å². The Hall–Kier alpha value is -3.02. The van der Waals surface area contributed by atoms with Gasteiger partial charge in [-0.3, -0.25) is 9.78 Å². The molecule has 0 saturated carbocycles. The van der Waals surface area contributed by atoms with Gasteiger partial charge in [0, 0.05) is 34.3 Å². The first kappa shape index (κ1) is 15.3. The number of benzene rings is 2. The van der Waals surface area contributed by atoms with Gasteiger partial charge in [-0.1, -0.05) is 6.07 Å². The second-order valence-corrected chi connectivity index (χ2v) is 6.70. The summed E-state index contributed by atoms with van der Waals surface area (Å²) in [6, 6.07) is 8.78. The number of hydrogen-bond acceptors (Lipinski definition) is 2. The molecule has 0 saturated heterocycles. The fourth-order valence-electron chi connectivity index (χ4n) is 3.77. The predicted octanol–water partition coefficient (Wildman–Crippen LogP) is 4.63. The van der Waals surface area contributed by atoms with Crippen molar-refractivity contribution in [1.29, 1.82) is 0 Å². The second-order valence-electron chi connectivity index (χ2n) is 6.70. The maximum Gasteiger partial charge on any atom is 0.138 e. The molecule has 4 aromatic rings. The van der Waals surface area contributed by atoms with Gasteiger partial charge < -0.3 is 0 Å². The number of fused-ring (bicyclic) bond motifs is 2. The van der Waals surface area contributed by atoms with Crippen LogP contribution >= 0.6 is 0 Å². The van der Waals surface area contributed by atoms with E-state index in [0.29, 0.717) is 11.3 Å². The summed E-state index contributed by atoms with van der Waals surface area (Å²) in [7, 11) is 0. The van der Waals surface area contributed by atoms with Crippen LogP contribution < -0.4 is 0 Å². The van der Waals surface area contributed by atoms with E-state index in [1.165, 1.54) is 19.1 Å². The molecule has 0 spiro atoms. The molecular formula is C20H16F2N4. The lowest BCUT2D eigenvalue weighted by Crippen LogP contribution is -1.97. The molecule has 5 rings (SSSR count). The zero-order valence-corrected chi connectivity index (χ0v) is 14.2. The van der Waals surface area contributed by atoms with E-state index in [9.17, 15) is 8.78 Å². The molecule has 130 valence electrons. The van der Waals surface area contributed by atoms with E-state index in [0.717, 1.165) is 47.1 Å². The van der Waals surface area contributed by atoms with Crippen molar-refractivity contribution in [1.82, 2.24) is 20.0 Å². The van der Waals surface area contributed by atoms with Crippen LogP contribution in [-0.2, 0) is 13.0 Å². The van der Waals surface area contributed by atoms with Crippen molar-refractivity contribution < 1.29 is 8.78 Å². The van der Waals surface area contributed by atoms with E-state index in [2.05, 4.69) is 15.3 Å². The first-order valence-electron chi connectivity index (χ1n) is 8.61. The monoisotopic (exact) mass is 350 g/mol. The summed E-state index contributed by atoms with van der Waals surface area (Å²) in [5.41, 5.74) is 4.88. The van der Waals surface area contributed by atoms with Crippen LogP contribution in [0.2, 0.25) is 0 Å². The molecule has 0 aliphatic carbocycles. The van der Waals surface area contributed by atoms with Crippen molar-refractivity contribution in [3.8, 4) is 22.4 Å². The van der Waals surface area contributed by atoms with Crippen LogP contribution in [0.5, 0.6) is 0 Å². The smallest absolute Gasteiger partial charge is 0.138 e. The normalized spacial score (nSPS) is 13.5. The summed E-state index contributed by atoms with van der Waals surface area (Å²) < 4.78 is 30.5. The predicted molar refractivity (Wildman–Crippen MR) is 95.7 cm³/mol. The second kappa shape index (κ2) is 5.49. The molecular weight excluding hydrogens is 334 g/mol. The number of nitrogens with zero attached hydrogens (tertiary/aromatic N) is 3. The van der Waals surface area contributed by atoms with Gasteiger partial charge in [0.1, 0.15) is 17.3 Å². The third-order valence-electron chi connectivity index (χ3n) is 5.15. The maximum atomic E-state index is 14.8. The first-order valence-corrected chi connectivity index (χ1v) is 8.61. The molecule has 1 aliphatic rings. The minimum absolute atomic E-state index is 0.0203. The molecule has 0 fully saturated rings. The third kappa shape index (κ3) is 2.11. The van der Waals surface area contributed by atoms with E-state index in [1.54, 1.807) is 6.20 Å². The topological polar surface area (TPSA) is 46.5 Å². The quantitative estimate of drug-likeness (QED) is 0.573. The lowest BCUT2D eigenvalue weighted by atomic mass is 9.96. The number of nitrogens with one attached hydrogen (secondary N) is 1. The lowest BCUT2D eigenvalue weighted by molar-refractivity contribution is 0.569. The number of aromatic nitrogens is 4. The summed E-state index contributed by atoms with van der Waals surface area (Å²) in [6.45, 7) is 2.27. The van der Waals surface area contributed by atoms with Crippen molar-refractivity contribution in [2.24, 2.45) is 0 Å². The van der Waals surface area contributed by atoms with Gasteiger partial charge in [-0.15, -0.1) is 0 Å². The van der Waals surface area contributed by atoms with Gasteiger partial charge in [0.2, 0.25) is 0 Å². The van der Waals surface area contributed by atoms with E-state index in [1.807, 2.05) is 22.9 Å². The highest BCUT2D eigenvalue weighted by molar-refractivity contribution is 5.89. The summed E-state index contributed by atoms with van der Waals surface area (Å²) in [4.78, 5) is 0. The van der Waals surface area contributed by atoms with Gasteiger partial charge in [-0.05, 0) is 49.6 Å². The van der Waals surface area contributed by atoms with Crippen molar-refractivity contribution >= 4 is 10.9 Å². The van der Waals surface area contributed by atoms with Gasteiger partial charge in [0.25, 0.3) is 0 Å². The van der Waals surface area contributed by atoms with Gasteiger partial charge in [-0.2, -0.15) is 10.2 Å². The van der Waals surface area contributed by atoms with Gasteiger partial charge in [0.15, 0.2) is 0 Å². The van der Waals surface area contributed by atoms with E-state index >= 15 is 0 Å². The van der Waals surface area contributed by atoms with Crippen LogP contribution in [0.3, 0.4) is 0 Å². The molecule has 0 amide bonds. The van der Waals surface area contributed by atoms with Crippen molar-refractivity contribution in [3.05, 3.63) is 59.4 Å². The molecule has 0 atom stereocenters. The number of aromatic amines is 1. The highest BCUT2D eigenvalue weighted by Gasteiger charge is 2.26. The van der Waals surface area contributed by atoms with E-state index in [-0.39, 0.29) is 5.56 Å². The summed E-state index contributed by atoms with van der Waals surface area (Å²) in [5, 5.41) is 12.7. The van der Waals surface area contributed by atoms with Crippen LogP contribution in [0.4, 0.5) is 8.78 Å². The molecule has 6 heteroatoms. The zero-order valence-electron chi connectivity index (χ0n) is 14.2. The largest absolute Gasteiger partial charge is 0.278 e. The Morgan fingerprint density at radius 3 is 2.92 bits per heavy atom. The van der Waals surface area contributed by atoms with Crippen LogP contribution in [0, 0.1) is 18.6 Å². The molecule has 0 bridgehead atoms. The van der Waals surface area contributed by atoms with Crippen LogP contribution in [0.25, 0.3) is 33.3 Å². The molecule has 3 heterocycles. The third-order valence-corrected chi connectivity index (χ3v) is 5.15. The number of aryl methyl sites for hydroxylation is 1. The molecule has 0 unspecified atom stereocenters. The zero-order chi connectivity index (χ0) is 17.8. The minimum Gasteiger partial charge on any atom is -0.278 e.